The third-order valence-electron chi connectivity index (χ3n) is 9.29. The molecule has 0 bridgehead atoms. The van der Waals surface area contributed by atoms with Crippen molar-refractivity contribution in [3.05, 3.63) is 137 Å². The first-order valence-corrected chi connectivity index (χ1v) is 15.5. The Hall–Kier alpha value is -5.34. The topological polar surface area (TPSA) is 16.4 Å². The first kappa shape index (κ1) is 25.2. The van der Waals surface area contributed by atoms with Gasteiger partial charge in [0.05, 0.1) is 0 Å². The number of anilines is 3. The summed E-state index contributed by atoms with van der Waals surface area (Å²) in [4.78, 5) is 2.38. The van der Waals surface area contributed by atoms with E-state index in [0.717, 1.165) is 41.1 Å². The van der Waals surface area contributed by atoms with Gasteiger partial charge in [-0.05, 0) is 136 Å². The van der Waals surface area contributed by atoms with Gasteiger partial charge in [0.15, 0.2) is 0 Å². The van der Waals surface area contributed by atoms with E-state index in [2.05, 4.69) is 146 Å². The molecule has 1 aromatic heterocycles. The highest BCUT2D eigenvalue weighted by atomic mass is 16.3. The minimum absolute atomic E-state index is 0.945. The molecule has 0 saturated carbocycles. The molecule has 2 nitrogen and oxygen atoms in total. The third-order valence-corrected chi connectivity index (χ3v) is 9.29. The lowest BCUT2D eigenvalue weighted by atomic mass is 9.91. The van der Waals surface area contributed by atoms with Crippen LogP contribution in [0.2, 0.25) is 0 Å². The maximum absolute atomic E-state index is 6.51. The Morgan fingerprint density at radius 3 is 1.80 bits per heavy atom. The van der Waals surface area contributed by atoms with Crippen LogP contribution >= 0.6 is 0 Å². The first-order valence-electron chi connectivity index (χ1n) is 15.5. The molecule has 44 heavy (non-hydrogen) atoms. The average Bonchev–Trinajstić information content (AvgIpc) is 3.41. The normalized spacial score (nSPS) is 13.0. The predicted octanol–water partition coefficient (Wildman–Crippen LogP) is 10.5. The van der Waals surface area contributed by atoms with Crippen molar-refractivity contribution in [2.24, 2.45) is 0 Å². The van der Waals surface area contributed by atoms with Gasteiger partial charge in [-0.1, -0.05) is 66.7 Å². The summed E-state index contributed by atoms with van der Waals surface area (Å²) in [5.74, 6) is 0. The number of furan rings is 1. The van der Waals surface area contributed by atoms with Crippen LogP contribution < -0.4 is 15.3 Å². The van der Waals surface area contributed by atoms with Crippen LogP contribution in [-0.4, -0.2) is 0 Å². The fourth-order valence-electron chi connectivity index (χ4n) is 7.33. The van der Waals surface area contributed by atoms with E-state index in [4.69, 9.17) is 4.42 Å². The molecule has 0 saturated heterocycles. The van der Waals surface area contributed by atoms with E-state index >= 15 is 0 Å². The van der Waals surface area contributed by atoms with Crippen LogP contribution in [0.15, 0.2) is 120 Å². The number of aryl methyl sites for hydroxylation is 2. The molecule has 210 valence electrons. The number of hydrogen-bond acceptors (Lipinski definition) is 2. The maximum atomic E-state index is 6.51. The van der Waals surface area contributed by atoms with E-state index in [1.165, 1.54) is 64.7 Å². The van der Waals surface area contributed by atoms with Crippen LogP contribution in [-0.2, 0) is 0 Å². The number of fused-ring (bicyclic) bond motifs is 11. The summed E-state index contributed by atoms with van der Waals surface area (Å²) in [6.45, 7) is 4.31. The van der Waals surface area contributed by atoms with Gasteiger partial charge >= 0.3 is 0 Å². The largest absolute Gasteiger partial charge is 0.456 e. The average molecular weight is 566 g/mol. The lowest BCUT2D eigenvalue weighted by molar-refractivity contribution is 0.668. The van der Waals surface area contributed by atoms with Crippen molar-refractivity contribution >= 4 is 83.5 Å². The zero-order valence-electron chi connectivity index (χ0n) is 24.9. The van der Waals surface area contributed by atoms with Crippen LogP contribution in [0.5, 0.6) is 0 Å². The molecule has 9 rings (SSSR count). The lowest BCUT2D eigenvalue weighted by Gasteiger charge is -2.27. The highest BCUT2D eigenvalue weighted by Gasteiger charge is 2.19. The summed E-state index contributed by atoms with van der Waals surface area (Å²) in [6, 6.07) is 42.4. The SMILES string of the molecule is Cc1cccc(N(c2cccc(C)c2)c2ccc3c(c2)c2ccccc2c2c3ccc3oc4cc5c(cc4c32)=CCCC=5)c1. The van der Waals surface area contributed by atoms with Gasteiger partial charge in [-0.3, -0.25) is 0 Å². The van der Waals surface area contributed by atoms with Crippen LogP contribution in [0.25, 0.3) is 66.4 Å². The molecule has 0 spiro atoms. The van der Waals surface area contributed by atoms with Crippen molar-refractivity contribution in [2.75, 3.05) is 4.90 Å². The number of benzene rings is 7. The lowest BCUT2D eigenvalue weighted by Crippen LogP contribution is -2.25. The van der Waals surface area contributed by atoms with E-state index < -0.39 is 0 Å². The fraction of sp³-hybridized carbons (Fsp3) is 0.0952. The van der Waals surface area contributed by atoms with Crippen LogP contribution in [0, 0.1) is 13.8 Å². The van der Waals surface area contributed by atoms with E-state index in [1.807, 2.05) is 0 Å². The van der Waals surface area contributed by atoms with Gasteiger partial charge in [0.1, 0.15) is 11.2 Å². The molecule has 0 amide bonds. The molecule has 1 aliphatic rings. The van der Waals surface area contributed by atoms with E-state index in [9.17, 15) is 0 Å². The number of hydrogen-bond donors (Lipinski definition) is 0. The zero-order chi connectivity index (χ0) is 29.4. The second kappa shape index (κ2) is 9.59. The minimum Gasteiger partial charge on any atom is -0.456 e. The smallest absolute Gasteiger partial charge is 0.136 e. The maximum Gasteiger partial charge on any atom is 0.136 e. The van der Waals surface area contributed by atoms with E-state index in [1.54, 1.807) is 0 Å². The van der Waals surface area contributed by atoms with Crippen LogP contribution in [0.3, 0.4) is 0 Å². The summed E-state index contributed by atoms with van der Waals surface area (Å²) >= 11 is 0. The van der Waals surface area contributed by atoms with Gasteiger partial charge in [-0.2, -0.15) is 0 Å². The Bertz CT molecular complexity index is 2520. The fourth-order valence-corrected chi connectivity index (χ4v) is 7.33. The van der Waals surface area contributed by atoms with Gasteiger partial charge < -0.3 is 9.32 Å². The van der Waals surface area contributed by atoms with E-state index in [-0.39, 0.29) is 0 Å². The van der Waals surface area contributed by atoms with Gasteiger partial charge in [-0.25, -0.2) is 0 Å². The Labute approximate surface area is 255 Å². The van der Waals surface area contributed by atoms with Crippen molar-refractivity contribution in [3.8, 4) is 0 Å². The van der Waals surface area contributed by atoms with Crippen molar-refractivity contribution in [3.63, 3.8) is 0 Å². The summed E-state index contributed by atoms with van der Waals surface area (Å²) in [6.07, 6.45) is 6.87. The molecule has 1 aliphatic carbocycles. The van der Waals surface area contributed by atoms with E-state index in [0.29, 0.717) is 0 Å². The zero-order valence-corrected chi connectivity index (χ0v) is 24.9. The van der Waals surface area contributed by atoms with Gasteiger partial charge in [0.25, 0.3) is 0 Å². The number of rotatable bonds is 3. The van der Waals surface area contributed by atoms with Gasteiger partial charge in [-0.15, -0.1) is 0 Å². The van der Waals surface area contributed by atoms with Crippen LogP contribution in [0.1, 0.15) is 24.0 Å². The molecule has 0 atom stereocenters. The van der Waals surface area contributed by atoms with Gasteiger partial charge in [0, 0.05) is 33.2 Å². The summed E-state index contributed by atoms with van der Waals surface area (Å²) < 4.78 is 6.51. The Balaban J connectivity index is 1.37. The molecule has 8 aromatic rings. The van der Waals surface area contributed by atoms with Crippen molar-refractivity contribution in [1.82, 2.24) is 0 Å². The highest BCUT2D eigenvalue weighted by Crippen LogP contribution is 2.44. The molecule has 7 aromatic carbocycles. The van der Waals surface area contributed by atoms with Crippen LogP contribution in [0.4, 0.5) is 17.1 Å². The Morgan fingerprint density at radius 2 is 1.07 bits per heavy atom. The predicted molar refractivity (Wildman–Crippen MR) is 188 cm³/mol. The molecule has 1 heterocycles. The third kappa shape index (κ3) is 3.81. The van der Waals surface area contributed by atoms with Crippen molar-refractivity contribution in [2.45, 2.75) is 26.7 Å². The molecule has 0 unspecified atom stereocenters. The monoisotopic (exact) mass is 565 g/mol. The second-order valence-corrected chi connectivity index (χ2v) is 12.2. The molecule has 0 fully saturated rings. The number of nitrogens with zero attached hydrogens (tertiary/aromatic N) is 1. The Morgan fingerprint density at radius 1 is 0.455 bits per heavy atom. The quantitative estimate of drug-likeness (QED) is 0.198. The minimum atomic E-state index is 0.945. The summed E-state index contributed by atoms with van der Waals surface area (Å²) in [7, 11) is 0. The summed E-state index contributed by atoms with van der Waals surface area (Å²) in [5, 5.41) is 12.5. The molecule has 2 heteroatoms. The molecule has 0 aliphatic heterocycles. The first-order chi connectivity index (χ1) is 21.6. The molecular weight excluding hydrogens is 534 g/mol. The molecule has 0 N–H and O–H groups in total. The van der Waals surface area contributed by atoms with Crippen molar-refractivity contribution in [1.29, 1.82) is 0 Å². The second-order valence-electron chi connectivity index (χ2n) is 12.2. The summed E-state index contributed by atoms with van der Waals surface area (Å²) in [5.41, 5.74) is 7.85. The van der Waals surface area contributed by atoms with Gasteiger partial charge in [0.2, 0.25) is 0 Å². The molecule has 0 radical (unpaired) electrons. The molecular formula is C42H31NO. The van der Waals surface area contributed by atoms with Crippen molar-refractivity contribution < 1.29 is 4.42 Å². The Kier molecular flexibility index (Phi) is 5.49. The standard InChI is InChI=1S/C42H31NO/c1-26-9-7-13-30(21-26)43(31-14-8-10-27(2)22-31)32-17-18-34-36-19-20-39-42(41(36)35-16-6-5-15-33(35)37(34)25-32)38-23-28-11-3-4-12-29(28)24-40(38)44-39/h5-25H,3-4H2,1-2H3. The highest BCUT2D eigenvalue weighted by molar-refractivity contribution is 6.34.